The highest BCUT2D eigenvalue weighted by molar-refractivity contribution is 5.90. The molecule has 0 saturated heterocycles. The van der Waals surface area contributed by atoms with Crippen molar-refractivity contribution in [2.24, 2.45) is 5.92 Å². The maximum absolute atomic E-state index is 11.2. The molecule has 0 amide bonds. The summed E-state index contributed by atoms with van der Waals surface area (Å²) in [7, 11) is 0. The second-order valence-electron chi connectivity index (χ2n) is 3.39. The molecular weight excluding hydrogens is 228 g/mol. The average molecular weight is 244 g/mol. The van der Waals surface area contributed by atoms with E-state index in [4.69, 9.17) is 14.6 Å². The van der Waals surface area contributed by atoms with Gasteiger partial charge in [-0.15, -0.1) is 0 Å². The zero-order chi connectivity index (χ0) is 13.3. The van der Waals surface area contributed by atoms with Crippen LogP contribution in [-0.4, -0.2) is 42.6 Å². The van der Waals surface area contributed by atoms with Gasteiger partial charge in [0.15, 0.2) is 5.78 Å². The van der Waals surface area contributed by atoms with Crippen molar-refractivity contribution in [2.75, 3.05) is 19.8 Å². The van der Waals surface area contributed by atoms with Crippen molar-refractivity contribution in [1.29, 1.82) is 0 Å². The number of hydrogen-bond acceptors (Lipinski definition) is 5. The van der Waals surface area contributed by atoms with Crippen LogP contribution in [0.3, 0.4) is 0 Å². The van der Waals surface area contributed by atoms with E-state index in [0.717, 1.165) is 6.08 Å². The molecule has 0 aliphatic rings. The zero-order valence-corrected chi connectivity index (χ0v) is 9.68. The van der Waals surface area contributed by atoms with E-state index in [2.05, 4.69) is 6.58 Å². The minimum absolute atomic E-state index is 0.00673. The van der Waals surface area contributed by atoms with Crippen LogP contribution in [0.15, 0.2) is 12.7 Å². The fourth-order valence-corrected chi connectivity index (χ4v) is 0.920. The SMILES string of the molecule is C=CC(=O)COCCOC(=O)C(C)CC(=O)O. The van der Waals surface area contributed by atoms with Gasteiger partial charge in [0.25, 0.3) is 0 Å². The Labute approximate surface area is 99.2 Å². The Balaban J connectivity index is 3.60. The molecule has 0 saturated carbocycles. The van der Waals surface area contributed by atoms with Gasteiger partial charge in [-0.2, -0.15) is 0 Å². The Morgan fingerprint density at radius 3 is 2.53 bits per heavy atom. The van der Waals surface area contributed by atoms with Gasteiger partial charge in [-0.1, -0.05) is 13.5 Å². The maximum atomic E-state index is 11.2. The quantitative estimate of drug-likeness (QED) is 0.359. The van der Waals surface area contributed by atoms with Crippen molar-refractivity contribution in [2.45, 2.75) is 13.3 Å². The van der Waals surface area contributed by atoms with Crippen LogP contribution in [0.25, 0.3) is 0 Å². The van der Waals surface area contributed by atoms with Gasteiger partial charge in [-0.25, -0.2) is 0 Å². The molecule has 0 spiro atoms. The molecule has 6 nitrogen and oxygen atoms in total. The first-order chi connectivity index (χ1) is 7.97. The highest BCUT2D eigenvalue weighted by atomic mass is 16.6. The number of hydrogen-bond donors (Lipinski definition) is 1. The molecule has 0 fully saturated rings. The van der Waals surface area contributed by atoms with E-state index in [9.17, 15) is 14.4 Å². The number of carboxylic acids is 1. The van der Waals surface area contributed by atoms with Crippen molar-refractivity contribution in [3.05, 3.63) is 12.7 Å². The topological polar surface area (TPSA) is 89.9 Å². The maximum Gasteiger partial charge on any atom is 0.309 e. The van der Waals surface area contributed by atoms with E-state index in [0.29, 0.717) is 0 Å². The molecule has 0 heterocycles. The lowest BCUT2D eigenvalue weighted by Crippen LogP contribution is -2.20. The molecule has 1 atom stereocenters. The van der Waals surface area contributed by atoms with E-state index >= 15 is 0 Å². The monoisotopic (exact) mass is 244 g/mol. The number of aliphatic carboxylic acids is 1. The van der Waals surface area contributed by atoms with E-state index in [-0.39, 0.29) is 32.0 Å². The molecule has 96 valence electrons. The van der Waals surface area contributed by atoms with E-state index in [1.807, 2.05) is 0 Å². The number of carboxylic acid groups (broad SMARTS) is 1. The number of carbonyl (C=O) groups is 3. The van der Waals surface area contributed by atoms with Crippen LogP contribution in [0.1, 0.15) is 13.3 Å². The summed E-state index contributed by atoms with van der Waals surface area (Å²) < 4.78 is 9.64. The van der Waals surface area contributed by atoms with Gasteiger partial charge in [0.05, 0.1) is 18.9 Å². The molecule has 0 radical (unpaired) electrons. The van der Waals surface area contributed by atoms with Gasteiger partial charge in [0, 0.05) is 0 Å². The van der Waals surface area contributed by atoms with Crippen molar-refractivity contribution in [3.8, 4) is 0 Å². The Hall–Kier alpha value is -1.69. The number of esters is 1. The second-order valence-corrected chi connectivity index (χ2v) is 3.39. The van der Waals surface area contributed by atoms with Gasteiger partial charge in [-0.05, 0) is 6.08 Å². The predicted molar refractivity (Wildman–Crippen MR) is 58.4 cm³/mol. The minimum atomic E-state index is -1.05. The van der Waals surface area contributed by atoms with Gasteiger partial charge in [0.1, 0.15) is 13.2 Å². The van der Waals surface area contributed by atoms with Crippen molar-refractivity contribution >= 4 is 17.7 Å². The van der Waals surface area contributed by atoms with Crippen LogP contribution in [0, 0.1) is 5.92 Å². The summed E-state index contributed by atoms with van der Waals surface area (Å²) in [5.41, 5.74) is 0. The third-order valence-corrected chi connectivity index (χ3v) is 1.83. The van der Waals surface area contributed by atoms with E-state index in [1.54, 1.807) is 0 Å². The molecular formula is C11H16O6. The van der Waals surface area contributed by atoms with Crippen molar-refractivity contribution < 1.29 is 29.0 Å². The Morgan fingerprint density at radius 1 is 1.35 bits per heavy atom. The van der Waals surface area contributed by atoms with Crippen LogP contribution >= 0.6 is 0 Å². The fraction of sp³-hybridized carbons (Fsp3) is 0.545. The van der Waals surface area contributed by atoms with Gasteiger partial charge < -0.3 is 14.6 Å². The van der Waals surface area contributed by atoms with Crippen molar-refractivity contribution in [3.63, 3.8) is 0 Å². The van der Waals surface area contributed by atoms with Gasteiger partial charge in [-0.3, -0.25) is 14.4 Å². The normalized spacial score (nSPS) is 11.6. The average Bonchev–Trinajstić information content (AvgIpc) is 2.26. The van der Waals surface area contributed by atoms with Gasteiger partial charge >= 0.3 is 11.9 Å². The van der Waals surface area contributed by atoms with E-state index in [1.165, 1.54) is 6.92 Å². The summed E-state index contributed by atoms with van der Waals surface area (Å²) in [6.45, 7) is 4.72. The number of rotatable bonds is 9. The largest absolute Gasteiger partial charge is 0.481 e. The van der Waals surface area contributed by atoms with Crippen molar-refractivity contribution in [1.82, 2.24) is 0 Å². The molecule has 0 rings (SSSR count). The van der Waals surface area contributed by atoms with Crippen LogP contribution < -0.4 is 0 Å². The first-order valence-corrected chi connectivity index (χ1v) is 5.08. The molecule has 17 heavy (non-hydrogen) atoms. The number of ether oxygens (including phenoxy) is 2. The summed E-state index contributed by atoms with van der Waals surface area (Å²) in [6, 6.07) is 0. The molecule has 1 N–H and O–H groups in total. The lowest BCUT2D eigenvalue weighted by Gasteiger charge is -2.09. The summed E-state index contributed by atoms with van der Waals surface area (Å²) in [4.78, 5) is 32.2. The summed E-state index contributed by atoms with van der Waals surface area (Å²) in [6.07, 6.45) is 0.871. The number of carbonyl (C=O) groups excluding carboxylic acids is 2. The molecule has 0 bridgehead atoms. The van der Waals surface area contributed by atoms with Crippen LogP contribution in [0.4, 0.5) is 0 Å². The Bertz CT molecular complexity index is 296. The zero-order valence-electron chi connectivity index (χ0n) is 9.68. The highest BCUT2D eigenvalue weighted by Gasteiger charge is 2.17. The third-order valence-electron chi connectivity index (χ3n) is 1.83. The Kier molecular flexibility index (Phi) is 7.62. The molecule has 0 aromatic heterocycles. The Morgan fingerprint density at radius 2 is 2.00 bits per heavy atom. The summed E-state index contributed by atoms with van der Waals surface area (Å²) in [5.74, 6) is -2.59. The molecule has 0 aliphatic carbocycles. The summed E-state index contributed by atoms with van der Waals surface area (Å²) in [5, 5.41) is 8.45. The minimum Gasteiger partial charge on any atom is -0.481 e. The first kappa shape index (κ1) is 15.3. The van der Waals surface area contributed by atoms with E-state index < -0.39 is 17.9 Å². The third kappa shape index (κ3) is 8.15. The first-order valence-electron chi connectivity index (χ1n) is 5.08. The standard InChI is InChI=1S/C11H16O6/c1-3-9(12)7-16-4-5-17-11(15)8(2)6-10(13)14/h3,8H,1,4-7H2,2H3,(H,13,14). The van der Waals surface area contributed by atoms with Gasteiger partial charge in [0.2, 0.25) is 0 Å². The lowest BCUT2D eigenvalue weighted by atomic mass is 10.1. The fourth-order valence-electron chi connectivity index (χ4n) is 0.920. The van der Waals surface area contributed by atoms with Crippen LogP contribution in [-0.2, 0) is 23.9 Å². The number of ketones is 1. The molecule has 0 aromatic rings. The smallest absolute Gasteiger partial charge is 0.309 e. The molecule has 0 aromatic carbocycles. The molecule has 1 unspecified atom stereocenters. The van der Waals surface area contributed by atoms with Crippen LogP contribution in [0.5, 0.6) is 0 Å². The second kappa shape index (κ2) is 8.46. The summed E-state index contributed by atoms with van der Waals surface area (Å²) >= 11 is 0. The molecule has 6 heteroatoms. The highest BCUT2D eigenvalue weighted by Crippen LogP contribution is 2.04. The lowest BCUT2D eigenvalue weighted by molar-refractivity contribution is -0.153. The predicted octanol–water partition coefficient (Wildman–Crippen LogP) is 0.412. The molecule has 0 aliphatic heterocycles. The van der Waals surface area contributed by atoms with Crippen LogP contribution in [0.2, 0.25) is 0 Å².